The van der Waals surface area contributed by atoms with Crippen LogP contribution < -0.4 is 14.9 Å². The van der Waals surface area contributed by atoms with E-state index in [1.54, 1.807) is 42.5 Å². The third-order valence-electron chi connectivity index (χ3n) is 11.7. The number of alkyl halides is 3. The maximum absolute atomic E-state index is 14.2. The summed E-state index contributed by atoms with van der Waals surface area (Å²) in [5.41, 5.74) is -3.03. The molecule has 2 saturated heterocycles. The Kier molecular flexibility index (Phi) is 14.7. The molecule has 0 unspecified atom stereocenters. The van der Waals surface area contributed by atoms with Gasteiger partial charge in [0.1, 0.15) is 4.90 Å². The van der Waals surface area contributed by atoms with Gasteiger partial charge in [0.25, 0.3) is 25.8 Å². The van der Waals surface area contributed by atoms with E-state index in [2.05, 4.69) is 10.2 Å². The van der Waals surface area contributed by atoms with Crippen LogP contribution in [0, 0.1) is 5.92 Å². The number of carboxylic acid groups (broad SMARTS) is 1. The number of anilines is 2. The summed E-state index contributed by atoms with van der Waals surface area (Å²) in [6.07, 6.45) is 0.623. The van der Waals surface area contributed by atoms with Crippen molar-refractivity contribution in [2.45, 2.75) is 70.5 Å². The molecular weight excluding hydrogens is 925 g/mol. The number of amides is 2. The first-order valence-corrected chi connectivity index (χ1v) is 25.1. The lowest BCUT2D eigenvalue weighted by molar-refractivity contribution is -0.0436. The van der Waals surface area contributed by atoms with Crippen molar-refractivity contribution in [3.63, 3.8) is 0 Å². The molecule has 2 heterocycles. The van der Waals surface area contributed by atoms with Crippen molar-refractivity contribution in [1.82, 2.24) is 9.62 Å². The van der Waals surface area contributed by atoms with E-state index in [4.69, 9.17) is 11.6 Å². The average Bonchev–Trinajstić information content (AvgIpc) is 3.77. The summed E-state index contributed by atoms with van der Waals surface area (Å²) >= 11 is 7.41. The summed E-state index contributed by atoms with van der Waals surface area (Å²) in [6, 6.07) is 31.1. The number of rotatable bonds is 15. The lowest BCUT2D eigenvalue weighted by Crippen LogP contribution is -2.39. The fraction of sp³-hybridized carbons (Fsp3) is 0.304. The SMILES string of the molecule is O=C(NS(=O)(=O)c1ccc(N[C@@H](CSc2ccccc2)C[C@@H]2CCCN2C(=O)O)c(S(=O)(=O)C(F)(F)F)c1)c1ccc(N2CCC([C@@H](O)c3ccccc3-c3ccc(Cl)cc3)CC2)cc1. The molecule has 3 atom stereocenters. The van der Waals surface area contributed by atoms with Gasteiger partial charge < -0.3 is 25.3 Å². The van der Waals surface area contributed by atoms with Crippen molar-refractivity contribution < 1.29 is 49.8 Å². The Labute approximate surface area is 384 Å². The Balaban J connectivity index is 1.04. The smallest absolute Gasteiger partial charge is 0.465 e. The Morgan fingerprint density at radius 1 is 0.831 bits per heavy atom. The third-order valence-corrected chi connectivity index (χ3v) is 16.0. The minimum Gasteiger partial charge on any atom is -0.465 e. The van der Waals surface area contributed by atoms with Crippen molar-refractivity contribution >= 4 is 66.6 Å². The van der Waals surface area contributed by atoms with E-state index in [9.17, 15) is 49.8 Å². The Morgan fingerprint density at radius 3 is 2.15 bits per heavy atom. The highest BCUT2D eigenvalue weighted by Gasteiger charge is 2.48. The fourth-order valence-corrected chi connectivity index (χ4v) is 11.4. The fourth-order valence-electron chi connectivity index (χ4n) is 8.34. The predicted molar refractivity (Wildman–Crippen MR) is 245 cm³/mol. The van der Waals surface area contributed by atoms with Gasteiger partial charge in [-0.1, -0.05) is 66.2 Å². The molecule has 0 aromatic heterocycles. The van der Waals surface area contributed by atoms with Crippen molar-refractivity contribution in [2.24, 2.45) is 5.92 Å². The molecular formula is C46H46ClF3N4O8S3. The van der Waals surface area contributed by atoms with Crippen molar-refractivity contribution in [3.05, 3.63) is 137 Å². The van der Waals surface area contributed by atoms with Gasteiger partial charge in [0.15, 0.2) is 0 Å². The quantitative estimate of drug-likeness (QED) is 0.0737. The minimum atomic E-state index is -6.16. The second-order valence-electron chi connectivity index (χ2n) is 15.9. The highest BCUT2D eigenvalue weighted by atomic mass is 35.5. The normalized spacial score (nSPS) is 17.1. The van der Waals surface area contributed by atoms with Crippen LogP contribution in [0.1, 0.15) is 54.1 Å². The van der Waals surface area contributed by atoms with Gasteiger partial charge in [-0.05, 0) is 121 Å². The molecule has 0 aliphatic carbocycles. The molecule has 0 radical (unpaired) electrons. The molecule has 7 rings (SSSR count). The zero-order valence-electron chi connectivity index (χ0n) is 34.7. The van der Waals surface area contributed by atoms with Gasteiger partial charge in [-0.15, -0.1) is 11.8 Å². The summed E-state index contributed by atoms with van der Waals surface area (Å²) < 4.78 is 97.6. The van der Waals surface area contributed by atoms with Gasteiger partial charge >= 0.3 is 11.6 Å². The number of carbonyl (C=O) groups excluding carboxylic acids is 1. The molecule has 2 aliphatic heterocycles. The topological polar surface area (TPSA) is 173 Å². The molecule has 5 aromatic carbocycles. The van der Waals surface area contributed by atoms with E-state index in [0.717, 1.165) is 39.4 Å². The van der Waals surface area contributed by atoms with Crippen LogP contribution in [0.25, 0.3) is 11.1 Å². The zero-order chi connectivity index (χ0) is 46.5. The summed E-state index contributed by atoms with van der Waals surface area (Å²) in [5, 5.41) is 24.7. The number of hydrogen-bond donors (Lipinski definition) is 4. The molecule has 344 valence electrons. The number of aliphatic hydroxyl groups is 1. The number of sulfonamides is 1. The zero-order valence-corrected chi connectivity index (χ0v) is 37.9. The van der Waals surface area contributed by atoms with Crippen molar-refractivity contribution in [2.75, 3.05) is 35.6 Å². The molecule has 65 heavy (non-hydrogen) atoms. The molecule has 0 spiro atoms. The largest absolute Gasteiger partial charge is 0.501 e. The summed E-state index contributed by atoms with van der Waals surface area (Å²) in [4.78, 5) is 27.1. The molecule has 0 bridgehead atoms. The first-order valence-electron chi connectivity index (χ1n) is 20.8. The molecule has 2 amide bonds. The van der Waals surface area contributed by atoms with E-state index >= 15 is 0 Å². The number of aliphatic hydroxyl groups excluding tert-OH is 1. The monoisotopic (exact) mass is 970 g/mol. The number of halogens is 4. The standard InChI is InChI=1S/C46H46ClF3N4O8S3/c47-33-16-12-30(13-17-33)39-10-4-5-11-40(39)43(55)31-22-25-53(26-23-31)35-18-14-32(15-19-35)44(56)52-65(61,62)38-20-21-41(42(28-38)64(59,60)46(48,49)50)51-34(29-63-37-8-2-1-3-9-37)27-36-7-6-24-54(36)45(57)58/h1-5,8-21,28,31,34,36,43,51,55H,6-7,22-27,29H2,(H,52,56)(H,57,58)/t34-,36+,43-/m1/s1. The Bertz CT molecular complexity index is 2710. The number of piperidine rings is 1. The number of likely N-dealkylation sites (tertiary alicyclic amines) is 1. The summed E-state index contributed by atoms with van der Waals surface area (Å²) in [5.74, 6) is -0.942. The highest BCUT2D eigenvalue weighted by Crippen LogP contribution is 2.39. The summed E-state index contributed by atoms with van der Waals surface area (Å²) in [7, 11) is -11.1. The molecule has 12 nitrogen and oxygen atoms in total. The number of nitrogens with zero attached hydrogens (tertiary/aromatic N) is 2. The number of carbonyl (C=O) groups is 2. The summed E-state index contributed by atoms with van der Waals surface area (Å²) in [6.45, 7) is 1.45. The maximum Gasteiger partial charge on any atom is 0.501 e. The number of benzene rings is 5. The van der Waals surface area contributed by atoms with E-state index in [1.165, 1.54) is 28.8 Å². The molecule has 2 aliphatic rings. The van der Waals surface area contributed by atoms with Gasteiger partial charge in [-0.3, -0.25) is 4.79 Å². The highest BCUT2D eigenvalue weighted by molar-refractivity contribution is 7.99. The van der Waals surface area contributed by atoms with E-state index in [0.29, 0.717) is 49.9 Å². The molecule has 0 saturated carbocycles. The van der Waals surface area contributed by atoms with Crippen molar-refractivity contribution in [1.29, 1.82) is 0 Å². The second-order valence-corrected chi connectivity index (χ2v) is 21.0. The third kappa shape index (κ3) is 11.2. The predicted octanol–water partition coefficient (Wildman–Crippen LogP) is 9.47. The van der Waals surface area contributed by atoms with Crippen LogP contribution >= 0.6 is 23.4 Å². The lowest BCUT2D eigenvalue weighted by Gasteiger charge is -2.36. The minimum absolute atomic E-state index is 0.0341. The second kappa shape index (κ2) is 20.1. The van der Waals surface area contributed by atoms with E-state index in [1.807, 2.05) is 53.3 Å². The molecule has 5 aromatic rings. The van der Waals surface area contributed by atoms with Crippen LogP contribution in [-0.4, -0.2) is 86.9 Å². The number of thioether (sulfide) groups is 1. The lowest BCUT2D eigenvalue weighted by atomic mass is 9.84. The first-order chi connectivity index (χ1) is 30.9. The Morgan fingerprint density at radius 2 is 1.49 bits per heavy atom. The van der Waals surface area contributed by atoms with Crippen molar-refractivity contribution in [3.8, 4) is 11.1 Å². The molecule has 4 N–H and O–H groups in total. The molecule has 19 heteroatoms. The van der Waals surface area contributed by atoms with Gasteiger partial charge in [0.05, 0.1) is 16.7 Å². The van der Waals surface area contributed by atoms with E-state index in [-0.39, 0.29) is 30.2 Å². The van der Waals surface area contributed by atoms with Crippen LogP contribution in [0.15, 0.2) is 136 Å². The van der Waals surface area contributed by atoms with Crippen LogP contribution in [-0.2, 0) is 19.9 Å². The number of sulfone groups is 1. The molecule has 2 fully saturated rings. The van der Waals surface area contributed by atoms with Crippen LogP contribution in [0.4, 0.5) is 29.3 Å². The van der Waals surface area contributed by atoms with Gasteiger partial charge in [-0.25, -0.2) is 26.4 Å². The maximum atomic E-state index is 14.2. The van der Waals surface area contributed by atoms with Gasteiger partial charge in [-0.2, -0.15) is 13.2 Å². The number of nitrogens with one attached hydrogen (secondary N) is 2. The van der Waals surface area contributed by atoms with Crippen LogP contribution in [0.3, 0.4) is 0 Å². The number of hydrogen-bond acceptors (Lipinski definition) is 10. The van der Waals surface area contributed by atoms with Gasteiger partial charge in [0, 0.05) is 58.6 Å². The average molecular weight is 972 g/mol. The Hall–Kier alpha value is -5.27. The van der Waals surface area contributed by atoms with Gasteiger partial charge in [0.2, 0.25) is 0 Å². The van der Waals surface area contributed by atoms with E-state index < -0.39 is 71.0 Å². The first kappa shape index (κ1) is 47.7. The van der Waals surface area contributed by atoms with Crippen LogP contribution in [0.2, 0.25) is 5.02 Å². The van der Waals surface area contributed by atoms with Crippen LogP contribution in [0.5, 0.6) is 0 Å².